The molecule has 0 aliphatic heterocycles. The number of hydrogen-bond acceptors (Lipinski definition) is 1. The average Bonchev–Trinajstić information content (AvgIpc) is 3.86. The molecular weight excluding hydrogens is 743 g/mol. The molecule has 2 aromatic heterocycles. The fourth-order valence-electron chi connectivity index (χ4n) is 10.2. The van der Waals surface area contributed by atoms with Gasteiger partial charge < -0.3 is 4.57 Å². The van der Waals surface area contributed by atoms with Gasteiger partial charge in [0.15, 0.2) is 0 Å². The van der Waals surface area contributed by atoms with Crippen LogP contribution >= 0.6 is 11.3 Å². The summed E-state index contributed by atoms with van der Waals surface area (Å²) in [5.41, 5.74) is 11.1. The molecule has 13 rings (SSSR count). The first kappa shape index (κ1) is 33.5. The van der Waals surface area contributed by atoms with E-state index >= 15 is 0 Å². The third-order valence-corrected chi connectivity index (χ3v) is 13.9. The maximum Gasteiger partial charge on any atom is 0.0548 e. The summed E-state index contributed by atoms with van der Waals surface area (Å²) in [5.74, 6) is 0. The van der Waals surface area contributed by atoms with Crippen molar-refractivity contribution < 1.29 is 0 Å². The second-order valence-corrected chi connectivity index (χ2v) is 17.0. The summed E-state index contributed by atoms with van der Waals surface area (Å²) >= 11 is 1.89. The van der Waals surface area contributed by atoms with Crippen LogP contribution in [0.1, 0.15) is 0 Å². The molecule has 0 aliphatic carbocycles. The van der Waals surface area contributed by atoms with Gasteiger partial charge >= 0.3 is 0 Å². The minimum atomic E-state index is 1.17. The van der Waals surface area contributed by atoms with Crippen molar-refractivity contribution in [1.82, 2.24) is 4.57 Å². The lowest BCUT2D eigenvalue weighted by Gasteiger charge is -2.20. The van der Waals surface area contributed by atoms with E-state index in [4.69, 9.17) is 0 Å². The number of aromatic nitrogens is 1. The molecular formula is C58H35NS. The Morgan fingerprint density at radius 1 is 0.300 bits per heavy atom. The van der Waals surface area contributed by atoms with Gasteiger partial charge in [0.25, 0.3) is 0 Å². The zero-order chi connectivity index (χ0) is 39.3. The van der Waals surface area contributed by atoms with Crippen LogP contribution in [0.4, 0.5) is 0 Å². The highest BCUT2D eigenvalue weighted by Gasteiger charge is 2.22. The van der Waals surface area contributed by atoms with Crippen LogP contribution < -0.4 is 0 Å². The Bertz CT molecular complexity index is 3830. The van der Waals surface area contributed by atoms with E-state index in [0.29, 0.717) is 0 Å². The number of rotatable bonds is 4. The second kappa shape index (κ2) is 13.0. The molecule has 2 heteroatoms. The second-order valence-electron chi connectivity index (χ2n) is 15.9. The Hall–Kier alpha value is -7.52. The number of benzene rings is 11. The minimum Gasteiger partial charge on any atom is -0.309 e. The van der Waals surface area contributed by atoms with Crippen molar-refractivity contribution in [3.8, 4) is 39.1 Å². The molecule has 0 saturated heterocycles. The molecule has 0 aliphatic rings. The molecule has 2 heterocycles. The number of hydrogen-bond donors (Lipinski definition) is 0. The molecule has 13 aromatic rings. The molecule has 0 spiro atoms. The van der Waals surface area contributed by atoms with Crippen LogP contribution in [-0.2, 0) is 0 Å². The van der Waals surface area contributed by atoms with Gasteiger partial charge in [-0.25, -0.2) is 0 Å². The molecule has 60 heavy (non-hydrogen) atoms. The molecule has 0 saturated carbocycles. The summed E-state index contributed by atoms with van der Waals surface area (Å²) in [5, 5.41) is 15.3. The van der Waals surface area contributed by atoms with Gasteiger partial charge in [-0.15, -0.1) is 11.3 Å². The Morgan fingerprint density at radius 2 is 0.867 bits per heavy atom. The lowest BCUT2D eigenvalue weighted by atomic mass is 9.83. The van der Waals surface area contributed by atoms with E-state index in [-0.39, 0.29) is 0 Å². The summed E-state index contributed by atoms with van der Waals surface area (Å²) in [6, 6.07) is 78.8. The Kier molecular flexibility index (Phi) is 7.24. The number of thiophene rings is 1. The lowest BCUT2D eigenvalue weighted by molar-refractivity contribution is 1.18. The zero-order valence-corrected chi connectivity index (χ0v) is 33.4. The van der Waals surface area contributed by atoms with E-state index in [2.05, 4.69) is 217 Å². The third kappa shape index (κ3) is 4.86. The molecule has 0 unspecified atom stereocenters. The van der Waals surface area contributed by atoms with E-state index in [1.807, 2.05) is 11.3 Å². The van der Waals surface area contributed by atoms with Gasteiger partial charge in [0.2, 0.25) is 0 Å². The molecule has 0 atom stereocenters. The Balaban J connectivity index is 1.09. The fraction of sp³-hybridized carbons (Fsp3) is 0. The van der Waals surface area contributed by atoms with Crippen molar-refractivity contribution in [1.29, 1.82) is 0 Å². The SMILES string of the molecule is c1ccc(-n2c3ccc(-c4c5ccccc5c(-c5ccc(-c6ccc7ccccc7c6)c6ccccc56)c5ccccc45)cc3c3c4c(ccc32)sc2ccccc24)cc1. The lowest BCUT2D eigenvalue weighted by Crippen LogP contribution is -1.94. The first-order chi connectivity index (χ1) is 29.8. The van der Waals surface area contributed by atoms with Crippen LogP contribution in [0.2, 0.25) is 0 Å². The maximum atomic E-state index is 2.48. The highest BCUT2D eigenvalue weighted by Crippen LogP contribution is 2.49. The molecule has 11 aromatic carbocycles. The summed E-state index contributed by atoms with van der Waals surface area (Å²) in [4.78, 5) is 0. The van der Waals surface area contributed by atoms with Crippen LogP contribution in [-0.4, -0.2) is 4.57 Å². The molecule has 0 amide bonds. The first-order valence-corrected chi connectivity index (χ1v) is 21.5. The smallest absolute Gasteiger partial charge is 0.0548 e. The third-order valence-electron chi connectivity index (χ3n) is 12.8. The van der Waals surface area contributed by atoms with Gasteiger partial charge in [-0.1, -0.05) is 164 Å². The van der Waals surface area contributed by atoms with E-state index < -0.39 is 0 Å². The first-order valence-electron chi connectivity index (χ1n) is 20.7. The number of para-hydroxylation sites is 1. The monoisotopic (exact) mass is 777 g/mol. The van der Waals surface area contributed by atoms with Gasteiger partial charge in [-0.05, 0) is 125 Å². The van der Waals surface area contributed by atoms with Crippen molar-refractivity contribution >= 4 is 96.4 Å². The number of fused-ring (bicyclic) bond motifs is 11. The summed E-state index contributed by atoms with van der Waals surface area (Å²) in [7, 11) is 0. The van der Waals surface area contributed by atoms with E-state index in [0.717, 1.165) is 0 Å². The van der Waals surface area contributed by atoms with Gasteiger partial charge in [-0.3, -0.25) is 0 Å². The normalized spacial score (nSPS) is 12.0. The fourth-order valence-corrected chi connectivity index (χ4v) is 11.3. The van der Waals surface area contributed by atoms with E-state index in [1.54, 1.807) is 0 Å². The standard InChI is InChI=1S/C58H35NS/c1-2-16-40(17-3-1)59-51-31-28-39(35-50(51)57-52(59)32-33-54-58(57)49-24-12-13-25-53(49)60-54)55-44-20-8-10-22-46(44)56(47-23-11-9-21-45(47)55)48-30-29-41(42-18-6-7-19-43(42)48)38-27-26-36-14-4-5-15-37(36)34-38/h1-35H. The predicted octanol–water partition coefficient (Wildman–Crippen LogP) is 16.8. The summed E-state index contributed by atoms with van der Waals surface area (Å²) in [6.45, 7) is 0. The Labute approximate surface area is 350 Å². The van der Waals surface area contributed by atoms with Crippen molar-refractivity contribution in [3.63, 3.8) is 0 Å². The van der Waals surface area contributed by atoms with Crippen LogP contribution in [0, 0.1) is 0 Å². The van der Waals surface area contributed by atoms with Gasteiger partial charge in [-0.2, -0.15) is 0 Å². The highest BCUT2D eigenvalue weighted by atomic mass is 32.1. The minimum absolute atomic E-state index is 1.17. The topological polar surface area (TPSA) is 4.93 Å². The van der Waals surface area contributed by atoms with Crippen molar-refractivity contribution in [3.05, 3.63) is 212 Å². The van der Waals surface area contributed by atoms with Gasteiger partial charge in [0, 0.05) is 36.6 Å². The molecule has 0 fully saturated rings. The highest BCUT2D eigenvalue weighted by molar-refractivity contribution is 7.26. The largest absolute Gasteiger partial charge is 0.309 e. The summed E-state index contributed by atoms with van der Waals surface area (Å²) < 4.78 is 5.09. The van der Waals surface area contributed by atoms with Gasteiger partial charge in [0.05, 0.1) is 11.0 Å². The van der Waals surface area contributed by atoms with E-state index in [1.165, 1.54) is 124 Å². The zero-order valence-electron chi connectivity index (χ0n) is 32.6. The predicted molar refractivity (Wildman–Crippen MR) is 260 cm³/mol. The van der Waals surface area contributed by atoms with E-state index in [9.17, 15) is 0 Å². The number of nitrogens with zero attached hydrogens (tertiary/aromatic N) is 1. The van der Waals surface area contributed by atoms with Gasteiger partial charge in [0.1, 0.15) is 0 Å². The Morgan fingerprint density at radius 3 is 1.62 bits per heavy atom. The van der Waals surface area contributed by atoms with Crippen LogP contribution in [0.25, 0.3) is 124 Å². The quantitative estimate of drug-likeness (QED) is 0.157. The molecule has 0 radical (unpaired) electrons. The molecule has 1 nitrogen and oxygen atoms in total. The van der Waals surface area contributed by atoms with Crippen LogP contribution in [0.3, 0.4) is 0 Å². The molecule has 278 valence electrons. The van der Waals surface area contributed by atoms with Crippen molar-refractivity contribution in [2.75, 3.05) is 0 Å². The molecule has 0 bridgehead atoms. The molecule has 0 N–H and O–H groups in total. The van der Waals surface area contributed by atoms with Crippen LogP contribution in [0.15, 0.2) is 212 Å². The maximum absolute atomic E-state index is 2.48. The average molecular weight is 778 g/mol. The van der Waals surface area contributed by atoms with Crippen molar-refractivity contribution in [2.24, 2.45) is 0 Å². The van der Waals surface area contributed by atoms with Crippen LogP contribution in [0.5, 0.6) is 0 Å². The van der Waals surface area contributed by atoms with Crippen molar-refractivity contribution in [2.45, 2.75) is 0 Å². The summed E-state index contributed by atoms with van der Waals surface area (Å²) in [6.07, 6.45) is 0.